The van der Waals surface area contributed by atoms with E-state index in [1.165, 1.54) is 0 Å². The third-order valence-corrected chi connectivity index (χ3v) is 4.60. The molecular formula is C17H26N4O4. The fourth-order valence-electron chi connectivity index (χ4n) is 3.31. The molecule has 2 amide bonds. The number of ether oxygens (including phenoxy) is 1. The van der Waals surface area contributed by atoms with Gasteiger partial charge in [0, 0.05) is 25.5 Å². The average Bonchev–Trinajstić information content (AvgIpc) is 3.07. The van der Waals surface area contributed by atoms with E-state index in [1.54, 1.807) is 16.0 Å². The Bertz CT molecular complexity index is 679. The smallest absolute Gasteiger partial charge is 0.410 e. The van der Waals surface area contributed by atoms with Crippen LogP contribution in [0.25, 0.3) is 0 Å². The number of hydrogen-bond donors (Lipinski definition) is 1. The van der Waals surface area contributed by atoms with Gasteiger partial charge in [-0.15, -0.1) is 0 Å². The van der Waals surface area contributed by atoms with Crippen molar-refractivity contribution in [1.82, 2.24) is 14.7 Å². The molecule has 0 radical (unpaired) electrons. The fourth-order valence-corrected chi connectivity index (χ4v) is 3.31. The summed E-state index contributed by atoms with van der Waals surface area (Å²) in [6.45, 7) is 8.85. The third-order valence-electron chi connectivity index (χ3n) is 4.60. The topological polar surface area (TPSA) is 87.9 Å². The van der Waals surface area contributed by atoms with Gasteiger partial charge in [-0.25, -0.2) is 4.79 Å². The quantitative estimate of drug-likeness (QED) is 0.870. The number of nitrogens with zero attached hydrogens (tertiary/aromatic N) is 4. The third kappa shape index (κ3) is 3.49. The van der Waals surface area contributed by atoms with Crippen molar-refractivity contribution in [3.05, 3.63) is 11.9 Å². The highest BCUT2D eigenvalue weighted by Crippen LogP contribution is 2.32. The second kappa shape index (κ2) is 6.33. The first-order chi connectivity index (χ1) is 11.7. The molecule has 1 aromatic heterocycles. The number of aliphatic hydroxyl groups excluding tert-OH is 1. The number of carbonyl (C=O) groups excluding carboxylic acids is 2. The monoisotopic (exact) mass is 350 g/mol. The van der Waals surface area contributed by atoms with Gasteiger partial charge in [-0.1, -0.05) is 0 Å². The highest BCUT2D eigenvalue weighted by atomic mass is 16.6. The predicted octanol–water partition coefficient (Wildman–Crippen LogP) is 1.37. The molecule has 8 heteroatoms. The van der Waals surface area contributed by atoms with Crippen molar-refractivity contribution in [2.75, 3.05) is 18.1 Å². The zero-order valence-corrected chi connectivity index (χ0v) is 15.2. The van der Waals surface area contributed by atoms with E-state index < -0.39 is 5.60 Å². The lowest BCUT2D eigenvalue weighted by Crippen LogP contribution is -2.47. The number of aromatic nitrogens is 2. The molecule has 3 heterocycles. The number of rotatable bonds is 2. The molecule has 25 heavy (non-hydrogen) atoms. The summed E-state index contributed by atoms with van der Waals surface area (Å²) in [6.07, 6.45) is 1.66. The molecule has 138 valence electrons. The van der Waals surface area contributed by atoms with Crippen LogP contribution in [0.4, 0.5) is 10.5 Å². The second-order valence-electron chi connectivity index (χ2n) is 7.87. The van der Waals surface area contributed by atoms with Crippen LogP contribution in [-0.2, 0) is 22.6 Å². The van der Waals surface area contributed by atoms with E-state index in [-0.39, 0.29) is 30.6 Å². The number of fused-ring (bicyclic) bond motifs is 1. The Kier molecular flexibility index (Phi) is 4.49. The second-order valence-corrected chi connectivity index (χ2v) is 7.87. The maximum absolute atomic E-state index is 12.5. The molecule has 1 fully saturated rings. The minimum atomic E-state index is -0.559. The van der Waals surface area contributed by atoms with Crippen LogP contribution in [-0.4, -0.2) is 56.6 Å². The summed E-state index contributed by atoms with van der Waals surface area (Å²) in [7, 11) is 0. The number of amides is 2. The SMILES string of the molecule is C[C@H]1Cn2ncc(N3CC(CO)CC3=O)c2CN1C(=O)OC(C)(C)C. The van der Waals surface area contributed by atoms with Crippen molar-refractivity contribution in [2.24, 2.45) is 5.92 Å². The molecule has 8 nitrogen and oxygen atoms in total. The summed E-state index contributed by atoms with van der Waals surface area (Å²) in [5.41, 5.74) is 0.994. The molecular weight excluding hydrogens is 324 g/mol. The molecule has 1 aromatic rings. The van der Waals surface area contributed by atoms with Gasteiger partial charge in [0.2, 0.25) is 5.91 Å². The standard InChI is InChI=1S/C17H26N4O4/c1-11-7-21-14(9-19(11)16(24)25-17(2,3)4)13(6-18-21)20-8-12(10-22)5-15(20)23/h6,11-12,22H,5,7-10H2,1-4H3/t11-,12?/m0/s1. The van der Waals surface area contributed by atoms with Gasteiger partial charge in [0.05, 0.1) is 36.7 Å². The molecule has 0 aromatic carbocycles. The van der Waals surface area contributed by atoms with Crippen LogP contribution in [0.2, 0.25) is 0 Å². The Morgan fingerprint density at radius 3 is 2.72 bits per heavy atom. The van der Waals surface area contributed by atoms with Gasteiger partial charge < -0.3 is 14.7 Å². The Balaban J connectivity index is 1.83. The average molecular weight is 350 g/mol. The Hall–Kier alpha value is -2.09. The zero-order chi connectivity index (χ0) is 18.4. The first-order valence-corrected chi connectivity index (χ1v) is 8.65. The van der Waals surface area contributed by atoms with Crippen molar-refractivity contribution in [2.45, 2.75) is 58.8 Å². The van der Waals surface area contributed by atoms with Crippen LogP contribution in [0.3, 0.4) is 0 Å². The predicted molar refractivity (Wildman–Crippen MR) is 91.0 cm³/mol. The lowest BCUT2D eigenvalue weighted by molar-refractivity contribution is -0.117. The van der Waals surface area contributed by atoms with Crippen LogP contribution < -0.4 is 4.90 Å². The van der Waals surface area contributed by atoms with Crippen molar-refractivity contribution in [1.29, 1.82) is 0 Å². The molecule has 0 bridgehead atoms. The van der Waals surface area contributed by atoms with Crippen LogP contribution in [0, 0.1) is 5.92 Å². The number of anilines is 1. The van der Waals surface area contributed by atoms with Gasteiger partial charge in [-0.05, 0) is 27.7 Å². The van der Waals surface area contributed by atoms with Gasteiger partial charge in [-0.2, -0.15) is 5.10 Å². The van der Waals surface area contributed by atoms with E-state index in [2.05, 4.69) is 5.10 Å². The first kappa shape index (κ1) is 17.7. The molecule has 0 aliphatic carbocycles. The molecule has 0 spiro atoms. The summed E-state index contributed by atoms with van der Waals surface area (Å²) >= 11 is 0. The lowest BCUT2D eigenvalue weighted by Gasteiger charge is -2.36. The number of carbonyl (C=O) groups is 2. The van der Waals surface area contributed by atoms with Crippen molar-refractivity contribution >= 4 is 17.7 Å². The van der Waals surface area contributed by atoms with Crippen molar-refractivity contribution in [3.8, 4) is 0 Å². The van der Waals surface area contributed by atoms with E-state index >= 15 is 0 Å². The van der Waals surface area contributed by atoms with E-state index in [4.69, 9.17) is 4.74 Å². The maximum atomic E-state index is 12.5. The summed E-state index contributed by atoms with van der Waals surface area (Å²) in [4.78, 5) is 28.1. The first-order valence-electron chi connectivity index (χ1n) is 8.65. The summed E-state index contributed by atoms with van der Waals surface area (Å²) in [5.74, 6) is -0.0650. The van der Waals surface area contributed by atoms with Gasteiger partial charge in [-0.3, -0.25) is 14.4 Å². The Morgan fingerprint density at radius 2 is 2.12 bits per heavy atom. The highest BCUT2D eigenvalue weighted by Gasteiger charge is 2.37. The van der Waals surface area contributed by atoms with E-state index in [0.29, 0.717) is 26.1 Å². The van der Waals surface area contributed by atoms with Gasteiger partial charge in [0.15, 0.2) is 0 Å². The number of aliphatic hydroxyl groups is 1. The van der Waals surface area contributed by atoms with E-state index in [9.17, 15) is 14.7 Å². The van der Waals surface area contributed by atoms with Crippen LogP contribution in [0.15, 0.2) is 6.20 Å². The largest absolute Gasteiger partial charge is 0.444 e. The van der Waals surface area contributed by atoms with Crippen molar-refractivity contribution < 1.29 is 19.4 Å². The minimum absolute atomic E-state index is 0.00716. The van der Waals surface area contributed by atoms with Crippen molar-refractivity contribution in [3.63, 3.8) is 0 Å². The molecule has 0 saturated carbocycles. The molecule has 1 unspecified atom stereocenters. The zero-order valence-electron chi connectivity index (χ0n) is 15.2. The van der Waals surface area contributed by atoms with E-state index in [0.717, 1.165) is 11.4 Å². The van der Waals surface area contributed by atoms with Gasteiger partial charge in [0.25, 0.3) is 0 Å². The van der Waals surface area contributed by atoms with Crippen LogP contribution >= 0.6 is 0 Å². The highest BCUT2D eigenvalue weighted by molar-refractivity contribution is 5.96. The van der Waals surface area contributed by atoms with Gasteiger partial charge >= 0.3 is 6.09 Å². The normalized spacial score (nSPS) is 23.8. The molecule has 2 aliphatic rings. The minimum Gasteiger partial charge on any atom is -0.444 e. The van der Waals surface area contributed by atoms with Crippen LogP contribution in [0.5, 0.6) is 0 Å². The summed E-state index contributed by atoms with van der Waals surface area (Å²) in [5, 5.41) is 13.7. The maximum Gasteiger partial charge on any atom is 0.410 e. The Labute approximate surface area is 147 Å². The molecule has 2 atom stereocenters. The number of hydrogen-bond acceptors (Lipinski definition) is 5. The molecule has 1 saturated heterocycles. The lowest BCUT2D eigenvalue weighted by atomic mass is 10.1. The summed E-state index contributed by atoms with van der Waals surface area (Å²) in [6, 6.07) is -0.0467. The van der Waals surface area contributed by atoms with E-state index in [1.807, 2.05) is 32.4 Å². The van der Waals surface area contributed by atoms with Crippen LogP contribution in [0.1, 0.15) is 39.8 Å². The Morgan fingerprint density at radius 1 is 1.40 bits per heavy atom. The van der Waals surface area contributed by atoms with Gasteiger partial charge in [0.1, 0.15) is 5.60 Å². The molecule has 3 rings (SSSR count). The molecule has 2 aliphatic heterocycles. The molecule has 1 N–H and O–H groups in total. The fraction of sp³-hybridized carbons (Fsp3) is 0.706. The summed E-state index contributed by atoms with van der Waals surface area (Å²) < 4.78 is 7.35.